The summed E-state index contributed by atoms with van der Waals surface area (Å²) >= 11 is 0. The third-order valence-electron chi connectivity index (χ3n) is 3.94. The maximum absolute atomic E-state index is 3.70. The predicted molar refractivity (Wildman–Crippen MR) is 79.1 cm³/mol. The fourth-order valence-electron chi connectivity index (χ4n) is 2.46. The topological polar surface area (TPSA) is 12.0 Å². The second-order valence-electron chi connectivity index (χ2n) is 5.79. The molecule has 1 fully saturated rings. The average Bonchev–Trinajstić information content (AvgIpc) is 3.19. The maximum atomic E-state index is 3.70. The van der Waals surface area contributed by atoms with E-state index in [2.05, 4.69) is 43.4 Å². The van der Waals surface area contributed by atoms with Crippen molar-refractivity contribution < 1.29 is 0 Å². The van der Waals surface area contributed by atoms with Crippen LogP contribution >= 0.6 is 0 Å². The summed E-state index contributed by atoms with van der Waals surface area (Å²) in [6.07, 6.45) is 8.14. The Labute approximate surface area is 112 Å². The molecular weight excluding hydrogens is 218 g/mol. The number of hydrogen-bond acceptors (Lipinski definition) is 1. The second kappa shape index (κ2) is 6.94. The van der Waals surface area contributed by atoms with Gasteiger partial charge in [-0.25, -0.2) is 0 Å². The Hall–Kier alpha value is -0.820. The van der Waals surface area contributed by atoms with Gasteiger partial charge in [0.1, 0.15) is 0 Å². The first-order valence-electron chi connectivity index (χ1n) is 7.59. The monoisotopic (exact) mass is 245 g/mol. The largest absolute Gasteiger partial charge is 0.313 e. The number of nitrogens with one attached hydrogen (secondary N) is 1. The van der Waals surface area contributed by atoms with E-state index < -0.39 is 0 Å². The molecule has 0 heterocycles. The van der Waals surface area contributed by atoms with Gasteiger partial charge in [0.05, 0.1) is 0 Å². The first-order valence-corrected chi connectivity index (χ1v) is 7.59. The molecule has 0 saturated heterocycles. The zero-order valence-corrected chi connectivity index (χ0v) is 11.9. The van der Waals surface area contributed by atoms with Crippen molar-refractivity contribution in [2.75, 3.05) is 6.54 Å². The fraction of sp³-hybridized carbons (Fsp3) is 0.647. The molecule has 1 heteroatoms. The van der Waals surface area contributed by atoms with Crippen LogP contribution in [0.1, 0.15) is 62.5 Å². The van der Waals surface area contributed by atoms with E-state index in [1.165, 1.54) is 49.7 Å². The zero-order valence-electron chi connectivity index (χ0n) is 11.9. The normalized spacial score (nSPS) is 16.8. The molecule has 1 aromatic rings. The molecule has 0 aliphatic heterocycles. The van der Waals surface area contributed by atoms with Gasteiger partial charge in [0.2, 0.25) is 0 Å². The summed E-state index contributed by atoms with van der Waals surface area (Å²) in [7, 11) is 0. The number of aryl methyl sites for hydroxylation is 1. The van der Waals surface area contributed by atoms with Gasteiger partial charge in [0, 0.05) is 12.6 Å². The van der Waals surface area contributed by atoms with E-state index in [1.54, 1.807) is 0 Å². The fourth-order valence-corrected chi connectivity index (χ4v) is 2.46. The average molecular weight is 245 g/mol. The molecule has 0 spiro atoms. The van der Waals surface area contributed by atoms with E-state index in [4.69, 9.17) is 0 Å². The summed E-state index contributed by atoms with van der Waals surface area (Å²) in [6.45, 7) is 5.61. The Morgan fingerprint density at radius 1 is 1.17 bits per heavy atom. The van der Waals surface area contributed by atoms with Gasteiger partial charge in [-0.2, -0.15) is 0 Å². The maximum Gasteiger partial charge on any atom is 0.00684 e. The molecule has 1 aliphatic rings. The molecule has 1 N–H and O–H groups in total. The Bertz CT molecular complexity index is 337. The van der Waals surface area contributed by atoms with E-state index in [9.17, 15) is 0 Å². The van der Waals surface area contributed by atoms with E-state index in [0.717, 1.165) is 12.6 Å². The summed E-state index contributed by atoms with van der Waals surface area (Å²) in [5, 5.41) is 3.70. The molecule has 2 rings (SSSR count). The summed E-state index contributed by atoms with van der Waals surface area (Å²) in [4.78, 5) is 0. The highest BCUT2D eigenvalue weighted by atomic mass is 14.9. The van der Waals surface area contributed by atoms with Gasteiger partial charge in [0.15, 0.2) is 0 Å². The zero-order chi connectivity index (χ0) is 12.8. The standard InChI is InChI=1S/C17H27N/c1-3-4-5-6-16(13-18-17-11-12-17)15-9-7-14(2)8-10-15/h7-10,16-18H,3-6,11-13H2,1-2H3. The van der Waals surface area contributed by atoms with Crippen molar-refractivity contribution >= 4 is 0 Å². The van der Waals surface area contributed by atoms with Crippen molar-refractivity contribution in [2.24, 2.45) is 0 Å². The summed E-state index contributed by atoms with van der Waals surface area (Å²) in [5.41, 5.74) is 2.88. The van der Waals surface area contributed by atoms with Gasteiger partial charge < -0.3 is 5.32 Å². The van der Waals surface area contributed by atoms with Gasteiger partial charge >= 0.3 is 0 Å². The van der Waals surface area contributed by atoms with Crippen LogP contribution in [0.5, 0.6) is 0 Å². The molecule has 1 unspecified atom stereocenters. The highest BCUT2D eigenvalue weighted by molar-refractivity contribution is 5.24. The van der Waals surface area contributed by atoms with Crippen LogP contribution in [0.25, 0.3) is 0 Å². The van der Waals surface area contributed by atoms with Crippen LogP contribution in [0.2, 0.25) is 0 Å². The highest BCUT2D eigenvalue weighted by Gasteiger charge is 2.22. The lowest BCUT2D eigenvalue weighted by Crippen LogP contribution is -2.23. The number of unbranched alkanes of at least 4 members (excludes halogenated alkanes) is 2. The number of benzene rings is 1. The van der Waals surface area contributed by atoms with Gasteiger partial charge in [0.25, 0.3) is 0 Å². The van der Waals surface area contributed by atoms with Crippen molar-refractivity contribution in [3.63, 3.8) is 0 Å². The lowest BCUT2D eigenvalue weighted by atomic mass is 9.92. The van der Waals surface area contributed by atoms with E-state index in [-0.39, 0.29) is 0 Å². The van der Waals surface area contributed by atoms with Gasteiger partial charge in [-0.15, -0.1) is 0 Å². The molecule has 0 bridgehead atoms. The molecule has 1 aliphatic carbocycles. The third kappa shape index (κ3) is 4.45. The Morgan fingerprint density at radius 3 is 2.50 bits per heavy atom. The molecule has 18 heavy (non-hydrogen) atoms. The van der Waals surface area contributed by atoms with Crippen LogP contribution in [0.4, 0.5) is 0 Å². The molecule has 0 radical (unpaired) electrons. The summed E-state index contributed by atoms with van der Waals surface area (Å²) in [6, 6.07) is 9.96. The first-order chi connectivity index (χ1) is 8.79. The quantitative estimate of drug-likeness (QED) is 0.669. The second-order valence-corrected chi connectivity index (χ2v) is 5.79. The highest BCUT2D eigenvalue weighted by Crippen LogP contribution is 2.25. The van der Waals surface area contributed by atoms with E-state index >= 15 is 0 Å². The van der Waals surface area contributed by atoms with Gasteiger partial charge in [-0.1, -0.05) is 56.0 Å². The van der Waals surface area contributed by atoms with Crippen molar-refractivity contribution in [1.29, 1.82) is 0 Å². The Morgan fingerprint density at radius 2 is 1.89 bits per heavy atom. The lowest BCUT2D eigenvalue weighted by Gasteiger charge is -2.18. The molecular formula is C17H27N. The van der Waals surface area contributed by atoms with Crippen LogP contribution in [0.15, 0.2) is 24.3 Å². The molecule has 0 aromatic heterocycles. The molecule has 1 saturated carbocycles. The summed E-state index contributed by atoms with van der Waals surface area (Å²) in [5.74, 6) is 0.706. The smallest absolute Gasteiger partial charge is 0.00684 e. The van der Waals surface area contributed by atoms with Crippen LogP contribution in [-0.4, -0.2) is 12.6 Å². The molecule has 1 nitrogen and oxygen atoms in total. The third-order valence-corrected chi connectivity index (χ3v) is 3.94. The van der Waals surface area contributed by atoms with Crippen molar-refractivity contribution in [2.45, 2.75) is 64.3 Å². The number of hydrogen-bond donors (Lipinski definition) is 1. The van der Waals surface area contributed by atoms with Crippen LogP contribution in [0, 0.1) is 6.92 Å². The Balaban J connectivity index is 1.90. The van der Waals surface area contributed by atoms with Crippen LogP contribution in [-0.2, 0) is 0 Å². The lowest BCUT2D eigenvalue weighted by molar-refractivity contribution is 0.518. The molecule has 100 valence electrons. The minimum absolute atomic E-state index is 0.706. The number of rotatable bonds is 8. The van der Waals surface area contributed by atoms with Crippen molar-refractivity contribution in [1.82, 2.24) is 5.32 Å². The SMILES string of the molecule is CCCCCC(CNC1CC1)c1ccc(C)cc1. The van der Waals surface area contributed by atoms with E-state index in [0.29, 0.717) is 5.92 Å². The first kappa shape index (κ1) is 13.6. The molecule has 1 aromatic carbocycles. The van der Waals surface area contributed by atoms with Crippen molar-refractivity contribution in [3.8, 4) is 0 Å². The van der Waals surface area contributed by atoms with Crippen molar-refractivity contribution in [3.05, 3.63) is 35.4 Å². The summed E-state index contributed by atoms with van der Waals surface area (Å²) < 4.78 is 0. The van der Waals surface area contributed by atoms with E-state index in [1.807, 2.05) is 0 Å². The molecule has 1 atom stereocenters. The van der Waals surface area contributed by atoms with Crippen LogP contribution in [0.3, 0.4) is 0 Å². The minimum atomic E-state index is 0.706. The minimum Gasteiger partial charge on any atom is -0.313 e. The van der Waals surface area contributed by atoms with Gasteiger partial charge in [-0.05, 0) is 37.7 Å². The molecule has 0 amide bonds. The predicted octanol–water partition coefficient (Wildman–Crippen LogP) is 4.41. The Kier molecular flexibility index (Phi) is 5.25. The van der Waals surface area contributed by atoms with Gasteiger partial charge in [-0.3, -0.25) is 0 Å². The van der Waals surface area contributed by atoms with Crippen LogP contribution < -0.4 is 5.32 Å².